The van der Waals surface area contributed by atoms with Crippen molar-refractivity contribution in [3.8, 4) is 0 Å². The van der Waals surface area contributed by atoms with Gasteiger partial charge in [-0.05, 0) is 38.6 Å². The maximum absolute atomic E-state index is 12.3. The third-order valence-electron chi connectivity index (χ3n) is 3.60. The van der Waals surface area contributed by atoms with Gasteiger partial charge in [0, 0.05) is 19.6 Å². The fraction of sp³-hybridized carbons (Fsp3) is 1.00. The lowest BCUT2D eigenvalue weighted by Gasteiger charge is -2.47. The Bertz CT molecular complexity index is 221. The van der Waals surface area contributed by atoms with Gasteiger partial charge in [0.15, 0.2) is 0 Å². The number of nitrogens with one attached hydrogen (secondary N) is 1. The largest absolute Gasteiger partial charge is 0.389 e. The first-order chi connectivity index (χ1) is 7.93. The average molecular weight is 253 g/mol. The molecule has 17 heavy (non-hydrogen) atoms. The molecule has 2 nitrogen and oxygen atoms in total. The van der Waals surface area contributed by atoms with Crippen LogP contribution in [0.25, 0.3) is 0 Å². The summed E-state index contributed by atoms with van der Waals surface area (Å²) in [7, 11) is 1.60. The van der Waals surface area contributed by atoms with E-state index in [2.05, 4.69) is 5.32 Å². The summed E-state index contributed by atoms with van der Waals surface area (Å²) in [5, 5.41) is 3.21. The molecule has 0 radical (unpaired) electrons. The lowest BCUT2D eigenvalue weighted by molar-refractivity contribution is -0.148. The molecule has 0 spiro atoms. The van der Waals surface area contributed by atoms with Gasteiger partial charge in [-0.25, -0.2) is 0 Å². The van der Waals surface area contributed by atoms with E-state index in [9.17, 15) is 13.2 Å². The summed E-state index contributed by atoms with van der Waals surface area (Å²) >= 11 is 0. The van der Waals surface area contributed by atoms with Crippen molar-refractivity contribution in [3.63, 3.8) is 0 Å². The van der Waals surface area contributed by atoms with Crippen molar-refractivity contribution in [1.29, 1.82) is 0 Å². The third-order valence-corrected chi connectivity index (χ3v) is 3.60. The molecule has 0 aliphatic heterocycles. The van der Waals surface area contributed by atoms with E-state index in [1.165, 1.54) is 0 Å². The Morgan fingerprint density at radius 1 is 1.35 bits per heavy atom. The van der Waals surface area contributed by atoms with Crippen molar-refractivity contribution < 1.29 is 17.9 Å². The second kappa shape index (κ2) is 6.05. The molecule has 102 valence electrons. The molecule has 0 aromatic rings. The zero-order valence-electron chi connectivity index (χ0n) is 10.6. The van der Waals surface area contributed by atoms with Crippen molar-refractivity contribution in [2.75, 3.05) is 13.7 Å². The molecule has 0 aromatic carbocycles. The van der Waals surface area contributed by atoms with Crippen LogP contribution < -0.4 is 5.32 Å². The summed E-state index contributed by atoms with van der Waals surface area (Å²) in [5.74, 6) is 0. The van der Waals surface area contributed by atoms with Gasteiger partial charge in [-0.15, -0.1) is 0 Å². The van der Waals surface area contributed by atoms with E-state index in [-0.39, 0.29) is 18.1 Å². The van der Waals surface area contributed by atoms with Crippen LogP contribution in [0.2, 0.25) is 0 Å². The highest BCUT2D eigenvalue weighted by atomic mass is 19.4. The Hall–Kier alpha value is -0.290. The number of hydrogen-bond donors (Lipinski definition) is 1. The van der Waals surface area contributed by atoms with E-state index in [0.717, 1.165) is 32.2 Å². The molecule has 1 aliphatic rings. The minimum absolute atomic E-state index is 0.108. The highest BCUT2D eigenvalue weighted by molar-refractivity contribution is 4.99. The van der Waals surface area contributed by atoms with Gasteiger partial charge in [-0.3, -0.25) is 0 Å². The third kappa shape index (κ3) is 4.14. The molecule has 0 heterocycles. The Kier molecular flexibility index (Phi) is 5.25. The van der Waals surface area contributed by atoms with Gasteiger partial charge in [0.25, 0.3) is 0 Å². The summed E-state index contributed by atoms with van der Waals surface area (Å²) in [5.41, 5.74) is -0.361. The van der Waals surface area contributed by atoms with Crippen molar-refractivity contribution in [2.24, 2.45) is 0 Å². The van der Waals surface area contributed by atoms with Crippen LogP contribution in [0.4, 0.5) is 13.2 Å². The quantitative estimate of drug-likeness (QED) is 0.752. The predicted octanol–water partition coefficient (Wildman–Crippen LogP) is 3.27. The van der Waals surface area contributed by atoms with Gasteiger partial charge in [0.1, 0.15) is 0 Å². The smallest absolute Gasteiger partial charge is 0.377 e. The molecule has 5 heteroatoms. The van der Waals surface area contributed by atoms with Gasteiger partial charge >= 0.3 is 6.18 Å². The summed E-state index contributed by atoms with van der Waals surface area (Å²) in [4.78, 5) is 0. The summed E-state index contributed by atoms with van der Waals surface area (Å²) in [6.07, 6.45) is -1.01. The van der Waals surface area contributed by atoms with E-state index in [4.69, 9.17) is 4.74 Å². The van der Waals surface area contributed by atoms with Crippen LogP contribution in [-0.2, 0) is 4.74 Å². The van der Waals surface area contributed by atoms with Crippen LogP contribution in [0.3, 0.4) is 0 Å². The van der Waals surface area contributed by atoms with Gasteiger partial charge in [-0.2, -0.15) is 13.2 Å². The first kappa shape index (κ1) is 14.8. The van der Waals surface area contributed by atoms with Crippen LogP contribution >= 0.6 is 0 Å². The number of ether oxygens (including phenoxy) is 1. The topological polar surface area (TPSA) is 21.3 Å². The van der Waals surface area contributed by atoms with Crippen molar-refractivity contribution >= 4 is 0 Å². The van der Waals surface area contributed by atoms with Gasteiger partial charge in [-0.1, -0.05) is 6.92 Å². The van der Waals surface area contributed by atoms with E-state index < -0.39 is 12.6 Å². The maximum Gasteiger partial charge on any atom is 0.389 e. The zero-order chi connectivity index (χ0) is 12.9. The van der Waals surface area contributed by atoms with E-state index in [1.807, 2.05) is 6.92 Å². The second-order valence-electron chi connectivity index (χ2n) is 4.78. The van der Waals surface area contributed by atoms with E-state index in [0.29, 0.717) is 0 Å². The predicted molar refractivity (Wildman–Crippen MR) is 61.0 cm³/mol. The molecule has 1 aliphatic carbocycles. The molecule has 1 saturated carbocycles. The van der Waals surface area contributed by atoms with Crippen molar-refractivity contribution in [1.82, 2.24) is 5.32 Å². The molecule has 0 bridgehead atoms. The Morgan fingerprint density at radius 3 is 2.35 bits per heavy atom. The van der Waals surface area contributed by atoms with Crippen molar-refractivity contribution in [2.45, 2.75) is 63.3 Å². The van der Waals surface area contributed by atoms with Crippen molar-refractivity contribution in [3.05, 3.63) is 0 Å². The van der Waals surface area contributed by atoms with Gasteiger partial charge < -0.3 is 10.1 Å². The molecule has 1 atom stereocenters. The number of hydrogen-bond acceptors (Lipinski definition) is 2. The molecular weight excluding hydrogens is 231 g/mol. The molecule has 1 N–H and O–H groups in total. The standard InChI is InChI=1S/C12H22F3NO/c1-3-9-16-10(5-8-12(13,14)15)11(17-2)6-4-7-11/h10,16H,3-9H2,1-2H3. The monoisotopic (exact) mass is 253 g/mol. The number of methoxy groups -OCH3 is 1. The van der Waals surface area contributed by atoms with Crippen LogP contribution in [0.1, 0.15) is 45.4 Å². The SMILES string of the molecule is CCCNC(CCC(F)(F)F)C1(OC)CCC1. The molecule has 0 amide bonds. The Balaban J connectivity index is 2.53. The summed E-state index contributed by atoms with van der Waals surface area (Å²) < 4.78 is 42.3. The molecule has 1 unspecified atom stereocenters. The highest BCUT2D eigenvalue weighted by Gasteiger charge is 2.45. The lowest BCUT2D eigenvalue weighted by Crippen LogP contribution is -2.56. The number of alkyl halides is 3. The van der Waals surface area contributed by atoms with Gasteiger partial charge in [0.2, 0.25) is 0 Å². The first-order valence-corrected chi connectivity index (χ1v) is 6.29. The normalized spacial score (nSPS) is 21.0. The molecule has 0 saturated heterocycles. The van der Waals surface area contributed by atoms with Crippen LogP contribution in [0, 0.1) is 0 Å². The minimum atomic E-state index is -4.08. The van der Waals surface area contributed by atoms with Crippen LogP contribution in [0.15, 0.2) is 0 Å². The van der Waals surface area contributed by atoms with E-state index in [1.54, 1.807) is 7.11 Å². The minimum Gasteiger partial charge on any atom is -0.377 e. The lowest BCUT2D eigenvalue weighted by atomic mass is 9.73. The molecule has 1 fully saturated rings. The highest BCUT2D eigenvalue weighted by Crippen LogP contribution is 2.40. The van der Waals surface area contributed by atoms with E-state index >= 15 is 0 Å². The molecule has 1 rings (SSSR count). The first-order valence-electron chi connectivity index (χ1n) is 6.29. The van der Waals surface area contributed by atoms with Gasteiger partial charge in [0.05, 0.1) is 5.60 Å². The Morgan fingerprint density at radius 2 is 2.00 bits per heavy atom. The summed E-state index contributed by atoms with van der Waals surface area (Å²) in [6.45, 7) is 2.75. The number of rotatable bonds is 7. The second-order valence-corrected chi connectivity index (χ2v) is 4.78. The number of halogens is 3. The zero-order valence-corrected chi connectivity index (χ0v) is 10.6. The van der Waals surface area contributed by atoms with Crippen LogP contribution in [-0.4, -0.2) is 31.5 Å². The maximum atomic E-state index is 12.3. The molecular formula is C12H22F3NO. The Labute approximate surface area is 101 Å². The fourth-order valence-electron chi connectivity index (χ4n) is 2.40. The summed E-state index contributed by atoms with van der Waals surface area (Å²) in [6, 6.07) is -0.178. The van der Waals surface area contributed by atoms with Crippen LogP contribution in [0.5, 0.6) is 0 Å². The average Bonchev–Trinajstić information content (AvgIpc) is 2.18. The fourth-order valence-corrected chi connectivity index (χ4v) is 2.40. The molecule has 0 aromatic heterocycles.